The molecule has 2 N–H and O–H groups in total. The summed E-state index contributed by atoms with van der Waals surface area (Å²) in [4.78, 5) is 17.6. The molecule has 0 aliphatic rings. The molecule has 0 amide bonds. The number of hydrogen-bond donors (Lipinski definition) is 2. The maximum absolute atomic E-state index is 14.1. The van der Waals surface area contributed by atoms with Crippen LogP contribution in [0.1, 0.15) is 36.8 Å². The van der Waals surface area contributed by atoms with Gasteiger partial charge in [0.2, 0.25) is 5.56 Å². The van der Waals surface area contributed by atoms with Crippen LogP contribution in [0.5, 0.6) is 5.75 Å². The molecule has 0 spiro atoms. The van der Waals surface area contributed by atoms with Gasteiger partial charge in [0.15, 0.2) is 5.60 Å². The molecule has 0 unspecified atom stereocenters. The number of benzene rings is 2. The fourth-order valence-corrected chi connectivity index (χ4v) is 3.86. The Morgan fingerprint density at radius 2 is 1.79 bits per heavy atom. The van der Waals surface area contributed by atoms with Gasteiger partial charge in [0.1, 0.15) is 17.4 Å². The highest BCUT2D eigenvalue weighted by atomic mass is 19.4. The second kappa shape index (κ2) is 9.54. The molecule has 0 bridgehead atoms. The van der Waals surface area contributed by atoms with Crippen molar-refractivity contribution < 1.29 is 31.8 Å². The smallest absolute Gasteiger partial charge is 0.422 e. The molecule has 1 heterocycles. The van der Waals surface area contributed by atoms with Gasteiger partial charge >= 0.3 is 6.18 Å². The molecule has 2 atom stereocenters. The van der Waals surface area contributed by atoms with E-state index in [2.05, 4.69) is 9.98 Å². The van der Waals surface area contributed by atoms with E-state index in [1.807, 2.05) is 0 Å². The first-order valence-electron chi connectivity index (χ1n) is 10.4. The van der Waals surface area contributed by atoms with Crippen molar-refractivity contribution >= 4 is 22.8 Å². The summed E-state index contributed by atoms with van der Waals surface area (Å²) >= 11 is 0. The van der Waals surface area contributed by atoms with Crippen LogP contribution < -0.4 is 10.3 Å². The van der Waals surface area contributed by atoms with E-state index in [1.165, 1.54) is 26.2 Å². The molecule has 0 saturated carbocycles. The van der Waals surface area contributed by atoms with Gasteiger partial charge in [0.05, 0.1) is 18.3 Å². The largest absolute Gasteiger partial charge is 0.496 e. The Morgan fingerprint density at radius 3 is 2.41 bits per heavy atom. The first kappa shape index (κ1) is 25.4. The Bertz CT molecular complexity index is 1290. The quantitative estimate of drug-likeness (QED) is 0.335. The zero-order chi connectivity index (χ0) is 25.3. The average Bonchev–Trinajstić information content (AvgIpc) is 2.78. The van der Waals surface area contributed by atoms with Crippen LogP contribution in [0, 0.1) is 18.6 Å². The maximum atomic E-state index is 14.1. The highest BCUT2D eigenvalue weighted by Gasteiger charge is 2.53. The van der Waals surface area contributed by atoms with Crippen molar-refractivity contribution in [3.05, 3.63) is 69.5 Å². The Morgan fingerprint density at radius 1 is 1.12 bits per heavy atom. The van der Waals surface area contributed by atoms with Crippen LogP contribution in [0.2, 0.25) is 0 Å². The number of methoxy groups -OCH3 is 1. The monoisotopic (exact) mass is 482 g/mol. The van der Waals surface area contributed by atoms with E-state index in [0.29, 0.717) is 11.8 Å². The number of aromatic nitrogens is 1. The molecular formula is C24H23F5N2O3. The zero-order valence-electron chi connectivity index (χ0n) is 18.6. The average molecular weight is 482 g/mol. The lowest BCUT2D eigenvalue weighted by molar-refractivity contribution is -0.232. The number of alkyl halides is 3. The van der Waals surface area contributed by atoms with Crippen LogP contribution in [0.25, 0.3) is 10.9 Å². The van der Waals surface area contributed by atoms with Crippen molar-refractivity contribution in [3.8, 4) is 5.75 Å². The summed E-state index contributed by atoms with van der Waals surface area (Å²) in [6.07, 6.45) is -5.35. The highest BCUT2D eigenvalue weighted by molar-refractivity contribution is 5.92. The highest BCUT2D eigenvalue weighted by Crippen LogP contribution is 2.42. The molecule has 1 aromatic heterocycles. The fraction of sp³-hybridized carbons (Fsp3) is 0.333. The van der Waals surface area contributed by atoms with E-state index in [4.69, 9.17) is 4.74 Å². The lowest BCUT2D eigenvalue weighted by atomic mass is 9.83. The summed E-state index contributed by atoms with van der Waals surface area (Å²) in [6, 6.07) is 6.91. The zero-order valence-corrected chi connectivity index (χ0v) is 18.6. The van der Waals surface area contributed by atoms with Gasteiger partial charge < -0.3 is 14.8 Å². The number of H-pyrrole nitrogens is 1. The Balaban J connectivity index is 2.06. The number of fused-ring (bicyclic) bond motifs is 1. The Hall–Kier alpha value is -3.27. The first-order valence-corrected chi connectivity index (χ1v) is 10.4. The number of rotatable bonds is 7. The molecule has 0 aliphatic carbocycles. The van der Waals surface area contributed by atoms with E-state index in [9.17, 15) is 31.9 Å². The van der Waals surface area contributed by atoms with Crippen LogP contribution in [0.4, 0.5) is 27.6 Å². The van der Waals surface area contributed by atoms with Gasteiger partial charge in [-0.05, 0) is 55.5 Å². The van der Waals surface area contributed by atoms with Gasteiger partial charge in [-0.2, -0.15) is 13.2 Å². The molecule has 2 aromatic carbocycles. The van der Waals surface area contributed by atoms with Crippen LogP contribution >= 0.6 is 0 Å². The van der Waals surface area contributed by atoms with Crippen LogP contribution in [-0.2, 0) is 0 Å². The Labute approximate surface area is 191 Å². The van der Waals surface area contributed by atoms with Gasteiger partial charge in [-0.3, -0.25) is 9.79 Å². The van der Waals surface area contributed by atoms with E-state index in [-0.39, 0.29) is 34.3 Å². The van der Waals surface area contributed by atoms with Gasteiger partial charge in [-0.1, -0.05) is 13.0 Å². The number of pyridine rings is 1. The lowest BCUT2D eigenvalue weighted by Crippen LogP contribution is -2.47. The van der Waals surface area contributed by atoms with Crippen LogP contribution in [-0.4, -0.2) is 35.2 Å². The predicted molar refractivity (Wildman–Crippen MR) is 119 cm³/mol. The second-order valence-electron chi connectivity index (χ2n) is 7.96. The number of aromatic amines is 1. The number of halogens is 5. The molecule has 34 heavy (non-hydrogen) atoms. The predicted octanol–water partition coefficient (Wildman–Crippen LogP) is 5.70. The number of nitrogens with one attached hydrogen (secondary N) is 1. The third-order valence-corrected chi connectivity index (χ3v) is 5.79. The summed E-state index contributed by atoms with van der Waals surface area (Å²) < 4.78 is 75.4. The molecule has 0 saturated heterocycles. The minimum absolute atomic E-state index is 0.0708. The lowest BCUT2D eigenvalue weighted by Gasteiger charge is -2.31. The van der Waals surface area contributed by atoms with E-state index >= 15 is 0 Å². The van der Waals surface area contributed by atoms with Crippen LogP contribution in [0.3, 0.4) is 0 Å². The van der Waals surface area contributed by atoms with Gasteiger partial charge in [0, 0.05) is 23.2 Å². The molecule has 182 valence electrons. The normalized spacial score (nSPS) is 15.0. The minimum Gasteiger partial charge on any atom is -0.496 e. The SMILES string of the molecule is CC[C@H](C[C@@](O)(/C=N/c1ccc(F)c2[nH]c(=O)ccc12)C(F)(F)F)c1ccc(F)c(C)c1OC. The molecule has 5 nitrogen and oxygen atoms in total. The number of aliphatic imine (C=N–C) groups is 1. The molecule has 3 aromatic rings. The third kappa shape index (κ3) is 4.82. The molecule has 0 fully saturated rings. The standard InChI is InChI=1S/C24H23F5N2O3/c1-4-14(15-5-7-17(25)13(2)22(15)34-3)11-23(33,24(27,28)29)12-30-19-9-8-18(26)21-16(19)6-10-20(32)31-21/h5-10,12,14,33H,4,11H2,1-3H3,(H,31,32)/b30-12+/t14-,23-/m1/s1. The molecule has 10 heteroatoms. The van der Waals surface area contributed by atoms with Crippen molar-refractivity contribution in [1.82, 2.24) is 4.98 Å². The fourth-order valence-electron chi connectivity index (χ4n) is 3.86. The molecule has 0 aliphatic heterocycles. The van der Waals surface area contributed by atoms with Crippen molar-refractivity contribution in [2.45, 2.75) is 44.4 Å². The summed E-state index contributed by atoms with van der Waals surface area (Å²) in [7, 11) is 1.29. The molecule has 0 radical (unpaired) electrons. The number of ether oxygens (including phenoxy) is 1. The third-order valence-electron chi connectivity index (χ3n) is 5.79. The summed E-state index contributed by atoms with van der Waals surface area (Å²) in [5.74, 6) is -2.08. The van der Waals surface area contributed by atoms with Gasteiger partial charge in [-0.15, -0.1) is 0 Å². The van der Waals surface area contributed by atoms with Gasteiger partial charge in [-0.25, -0.2) is 8.78 Å². The van der Waals surface area contributed by atoms with Crippen LogP contribution in [0.15, 0.2) is 46.2 Å². The van der Waals surface area contributed by atoms with Gasteiger partial charge in [0.25, 0.3) is 0 Å². The number of aliphatic hydroxyl groups is 1. The van der Waals surface area contributed by atoms with Crippen molar-refractivity contribution in [2.24, 2.45) is 4.99 Å². The first-order chi connectivity index (χ1) is 15.9. The summed E-state index contributed by atoms with van der Waals surface area (Å²) in [6.45, 7) is 3.09. The number of nitrogens with zero attached hydrogens (tertiary/aromatic N) is 1. The van der Waals surface area contributed by atoms with Crippen molar-refractivity contribution in [1.29, 1.82) is 0 Å². The van der Waals surface area contributed by atoms with E-state index in [1.54, 1.807) is 6.92 Å². The topological polar surface area (TPSA) is 74.7 Å². The van der Waals surface area contributed by atoms with E-state index in [0.717, 1.165) is 24.3 Å². The number of hydrogen-bond acceptors (Lipinski definition) is 4. The Kier molecular flexibility index (Phi) is 7.11. The molecule has 3 rings (SSSR count). The van der Waals surface area contributed by atoms with Crippen molar-refractivity contribution in [3.63, 3.8) is 0 Å². The van der Waals surface area contributed by atoms with E-state index < -0.39 is 41.3 Å². The molecular weight excluding hydrogens is 459 g/mol. The van der Waals surface area contributed by atoms with Crippen molar-refractivity contribution in [2.75, 3.05) is 7.11 Å². The summed E-state index contributed by atoms with van der Waals surface area (Å²) in [5.41, 5.74) is -3.76. The second-order valence-corrected chi connectivity index (χ2v) is 7.96. The minimum atomic E-state index is -5.10. The summed E-state index contributed by atoms with van der Waals surface area (Å²) in [5, 5.41) is 10.8. The maximum Gasteiger partial charge on any atom is 0.422 e.